The van der Waals surface area contributed by atoms with Crippen molar-refractivity contribution in [1.82, 2.24) is 4.90 Å². The Bertz CT molecular complexity index is 655. The summed E-state index contributed by atoms with van der Waals surface area (Å²) < 4.78 is 24.7. The van der Waals surface area contributed by atoms with Gasteiger partial charge in [-0.25, -0.2) is 0 Å². The van der Waals surface area contributed by atoms with Crippen molar-refractivity contribution < 1.29 is 18.5 Å². The lowest BCUT2D eigenvalue weighted by atomic mass is 9.71. The molecule has 3 rings (SSSR count). The van der Waals surface area contributed by atoms with Crippen molar-refractivity contribution in [2.24, 2.45) is 5.41 Å². The molecule has 0 radical (unpaired) electrons. The molecule has 1 aromatic carbocycles. The van der Waals surface area contributed by atoms with Gasteiger partial charge in [0.2, 0.25) is 5.91 Å². The van der Waals surface area contributed by atoms with E-state index in [2.05, 4.69) is 0 Å². The molecule has 1 atom stereocenters. The molecule has 2 fully saturated rings. The lowest BCUT2D eigenvalue weighted by Gasteiger charge is -2.43. The van der Waals surface area contributed by atoms with E-state index in [1.165, 1.54) is 0 Å². The summed E-state index contributed by atoms with van der Waals surface area (Å²) in [6.07, 6.45) is 3.54. The molecule has 2 aliphatic rings. The van der Waals surface area contributed by atoms with Crippen LogP contribution >= 0.6 is 0 Å². The van der Waals surface area contributed by atoms with Gasteiger partial charge in [0.15, 0.2) is 5.79 Å². The third-order valence-electron chi connectivity index (χ3n) is 5.63. The van der Waals surface area contributed by atoms with E-state index < -0.39 is 16.6 Å². The van der Waals surface area contributed by atoms with Gasteiger partial charge in [0.1, 0.15) is 0 Å². The van der Waals surface area contributed by atoms with Crippen LogP contribution in [0.1, 0.15) is 37.7 Å². The van der Waals surface area contributed by atoms with Crippen LogP contribution < -0.4 is 0 Å². The first-order chi connectivity index (χ1) is 12.3. The summed E-state index contributed by atoms with van der Waals surface area (Å²) in [4.78, 5) is 14.9. The van der Waals surface area contributed by atoms with Crippen molar-refractivity contribution in [3.63, 3.8) is 0 Å². The molecule has 1 heterocycles. The molecule has 6 heteroatoms. The van der Waals surface area contributed by atoms with Gasteiger partial charge >= 0.3 is 0 Å². The summed E-state index contributed by atoms with van der Waals surface area (Å²) in [7, 11) is 2.43. The average Bonchev–Trinajstić information content (AvgIpc) is 3.07. The van der Waals surface area contributed by atoms with Gasteiger partial charge in [0, 0.05) is 44.0 Å². The van der Waals surface area contributed by atoms with Crippen molar-refractivity contribution in [2.45, 2.75) is 49.7 Å². The van der Waals surface area contributed by atoms with Crippen LogP contribution in [0.2, 0.25) is 0 Å². The minimum Gasteiger partial charge on any atom is -0.349 e. The number of amides is 1. The lowest BCUT2D eigenvalue weighted by molar-refractivity contribution is -0.191. The normalized spacial score (nSPS) is 22.3. The summed E-state index contributed by atoms with van der Waals surface area (Å²) in [5, 5.41) is 0. The molecule has 1 amide bonds. The van der Waals surface area contributed by atoms with Crippen LogP contribution in [0.15, 0.2) is 29.2 Å². The Balaban J connectivity index is 1.76. The van der Waals surface area contributed by atoms with Gasteiger partial charge in [-0.3, -0.25) is 9.00 Å². The number of carbonyl (C=O) groups is 1. The highest BCUT2D eigenvalue weighted by molar-refractivity contribution is 7.85. The van der Waals surface area contributed by atoms with E-state index in [0.29, 0.717) is 25.4 Å². The fourth-order valence-electron chi connectivity index (χ4n) is 3.85. The summed E-state index contributed by atoms with van der Waals surface area (Å²) in [5.41, 5.74) is 0.885. The largest absolute Gasteiger partial charge is 0.349 e. The molecule has 0 bridgehead atoms. The zero-order valence-electron chi connectivity index (χ0n) is 16.0. The minimum atomic E-state index is -1.12. The average molecular weight is 380 g/mol. The van der Waals surface area contributed by atoms with E-state index in [1.54, 1.807) is 19.0 Å². The maximum absolute atomic E-state index is 13.0. The van der Waals surface area contributed by atoms with Crippen molar-refractivity contribution >= 4 is 16.7 Å². The van der Waals surface area contributed by atoms with Gasteiger partial charge in [0.05, 0.1) is 24.0 Å². The lowest BCUT2D eigenvalue weighted by Crippen LogP contribution is -2.44. The first-order valence-electron chi connectivity index (χ1n) is 9.26. The standard InChI is InChI=1S/C20H29NO4S/c1-16-4-6-17(7-5-16)26(23)15-19(14-18(22)21(2)3)8-10-20(11-9-19)24-12-13-25-20/h4-7H,8-15H2,1-3H3. The van der Waals surface area contributed by atoms with Crippen LogP contribution in [0.25, 0.3) is 0 Å². The number of hydrogen-bond acceptors (Lipinski definition) is 4. The highest BCUT2D eigenvalue weighted by Crippen LogP contribution is 2.47. The van der Waals surface area contributed by atoms with Crippen LogP contribution in [-0.2, 0) is 25.1 Å². The molecule has 1 saturated carbocycles. The second-order valence-corrected chi connectivity index (χ2v) is 9.33. The Hall–Kier alpha value is -1.24. The van der Waals surface area contributed by atoms with Crippen molar-refractivity contribution in [3.05, 3.63) is 29.8 Å². The SMILES string of the molecule is Cc1ccc(S(=O)CC2(CC(=O)N(C)C)CCC3(CC2)OCCO3)cc1. The predicted octanol–water partition coefficient (Wildman–Crippen LogP) is 2.88. The van der Waals surface area contributed by atoms with E-state index in [9.17, 15) is 9.00 Å². The van der Waals surface area contributed by atoms with E-state index in [0.717, 1.165) is 36.1 Å². The molecule has 5 nitrogen and oxygen atoms in total. The number of hydrogen-bond donors (Lipinski definition) is 0. The van der Waals surface area contributed by atoms with Gasteiger partial charge < -0.3 is 14.4 Å². The molecule has 26 heavy (non-hydrogen) atoms. The monoisotopic (exact) mass is 379 g/mol. The van der Waals surface area contributed by atoms with Gasteiger partial charge in [-0.15, -0.1) is 0 Å². The summed E-state index contributed by atoms with van der Waals surface area (Å²) >= 11 is 0. The van der Waals surface area contributed by atoms with Gasteiger partial charge in [-0.2, -0.15) is 0 Å². The van der Waals surface area contributed by atoms with E-state index in [1.807, 2.05) is 31.2 Å². The zero-order valence-corrected chi connectivity index (χ0v) is 16.8. The van der Waals surface area contributed by atoms with E-state index in [4.69, 9.17) is 9.47 Å². The molecule has 1 aliphatic heterocycles. The minimum absolute atomic E-state index is 0.0927. The number of aryl methyl sites for hydroxylation is 1. The molecule has 1 unspecified atom stereocenters. The molecule has 144 valence electrons. The smallest absolute Gasteiger partial charge is 0.222 e. The molecule has 1 aromatic rings. The van der Waals surface area contributed by atoms with Gasteiger partial charge in [0.25, 0.3) is 0 Å². The third kappa shape index (κ3) is 4.35. The first-order valence-corrected chi connectivity index (χ1v) is 10.6. The van der Waals surface area contributed by atoms with Crippen molar-refractivity contribution in [2.75, 3.05) is 33.1 Å². The highest BCUT2D eigenvalue weighted by atomic mass is 32.2. The van der Waals surface area contributed by atoms with E-state index in [-0.39, 0.29) is 11.3 Å². The van der Waals surface area contributed by atoms with Crippen LogP contribution in [0.5, 0.6) is 0 Å². The zero-order chi connectivity index (χ0) is 18.8. The maximum Gasteiger partial charge on any atom is 0.222 e. The van der Waals surface area contributed by atoms with Crippen LogP contribution in [-0.4, -0.2) is 53.9 Å². The Kier molecular flexibility index (Phi) is 5.85. The van der Waals surface area contributed by atoms with Crippen LogP contribution in [0, 0.1) is 12.3 Å². The molecule has 0 N–H and O–H groups in total. The number of rotatable bonds is 5. The maximum atomic E-state index is 13.0. The molecular formula is C20H29NO4S. The topological polar surface area (TPSA) is 55.8 Å². The molecule has 1 aliphatic carbocycles. The van der Waals surface area contributed by atoms with Crippen molar-refractivity contribution in [3.8, 4) is 0 Å². The van der Waals surface area contributed by atoms with Crippen LogP contribution in [0.3, 0.4) is 0 Å². The fourth-order valence-corrected chi connectivity index (χ4v) is 5.40. The summed E-state index contributed by atoms with van der Waals surface area (Å²) in [6, 6.07) is 7.84. The summed E-state index contributed by atoms with van der Waals surface area (Å²) in [6.45, 7) is 3.30. The first kappa shape index (κ1) is 19.5. The third-order valence-corrected chi connectivity index (χ3v) is 7.30. The van der Waals surface area contributed by atoms with E-state index >= 15 is 0 Å². The summed E-state index contributed by atoms with van der Waals surface area (Å²) in [5.74, 6) is 0.122. The molecular weight excluding hydrogens is 350 g/mol. The second-order valence-electron chi connectivity index (χ2n) is 7.88. The number of ether oxygens (including phenoxy) is 2. The second kappa shape index (κ2) is 7.79. The Morgan fingerprint density at radius 2 is 1.65 bits per heavy atom. The van der Waals surface area contributed by atoms with Crippen LogP contribution in [0.4, 0.5) is 0 Å². The Labute approximate surface area is 158 Å². The van der Waals surface area contributed by atoms with Gasteiger partial charge in [-0.1, -0.05) is 17.7 Å². The molecule has 1 spiro atoms. The fraction of sp³-hybridized carbons (Fsp3) is 0.650. The number of benzene rings is 1. The number of carbonyl (C=O) groups excluding carboxylic acids is 1. The molecule has 1 saturated heterocycles. The van der Waals surface area contributed by atoms with Crippen molar-refractivity contribution in [1.29, 1.82) is 0 Å². The Morgan fingerprint density at radius 3 is 2.19 bits per heavy atom. The number of nitrogens with zero attached hydrogens (tertiary/aromatic N) is 1. The molecule has 0 aromatic heterocycles. The van der Waals surface area contributed by atoms with Gasteiger partial charge in [-0.05, 0) is 37.3 Å². The Morgan fingerprint density at radius 1 is 1.08 bits per heavy atom. The predicted molar refractivity (Wildman–Crippen MR) is 101 cm³/mol. The highest BCUT2D eigenvalue weighted by Gasteiger charge is 2.47. The quantitative estimate of drug-likeness (QED) is 0.789.